The van der Waals surface area contributed by atoms with Crippen molar-refractivity contribution in [1.82, 2.24) is 10.3 Å². The summed E-state index contributed by atoms with van der Waals surface area (Å²) in [5.41, 5.74) is 9.26. The van der Waals surface area contributed by atoms with E-state index in [-0.39, 0.29) is 42.2 Å². The fourth-order valence-corrected chi connectivity index (χ4v) is 7.66. The van der Waals surface area contributed by atoms with Crippen LogP contribution < -0.4 is 5.32 Å². The van der Waals surface area contributed by atoms with Gasteiger partial charge in [0, 0.05) is 16.3 Å². The van der Waals surface area contributed by atoms with Gasteiger partial charge in [-0.3, -0.25) is 4.79 Å². The van der Waals surface area contributed by atoms with Gasteiger partial charge in [0.05, 0.1) is 12.7 Å². The molecule has 0 spiro atoms. The average Bonchev–Trinajstić information content (AvgIpc) is 3.34. The Kier molecular flexibility index (Phi) is 13.5. The maximum Gasteiger partial charge on any atom is 0.357 e. The van der Waals surface area contributed by atoms with E-state index in [0.29, 0.717) is 11.4 Å². The molecule has 0 fully saturated rings. The number of aromatic nitrogens is 1. The van der Waals surface area contributed by atoms with Crippen molar-refractivity contribution < 1.29 is 18.8 Å². The number of nitrogens with zero attached hydrogens (tertiary/aromatic N) is 4. The summed E-state index contributed by atoms with van der Waals surface area (Å²) < 4.78 is 12.0. The number of hydrogen-bond acceptors (Lipinski definition) is 7. The lowest BCUT2D eigenvalue weighted by Crippen LogP contribution is -2.47. The molecule has 198 valence electrons. The summed E-state index contributed by atoms with van der Waals surface area (Å²) in [5.74, 6) is -0.680. The van der Waals surface area contributed by atoms with E-state index >= 15 is 0 Å². The first-order chi connectivity index (χ1) is 16.6. The quantitative estimate of drug-likeness (QED) is 0.0851. The van der Waals surface area contributed by atoms with E-state index in [9.17, 15) is 9.59 Å². The summed E-state index contributed by atoms with van der Waals surface area (Å²) >= 11 is 1.39. The number of carbonyl (C=O) groups excluding carboxylic acids is 2. The number of amides is 1. The van der Waals surface area contributed by atoms with Crippen LogP contribution in [0.15, 0.2) is 10.5 Å². The lowest BCUT2D eigenvalue weighted by molar-refractivity contribution is -0.124. The SMILES string of the molecule is CCOC(=O)c1csc(C(C[C@@H](NC(=O)C(N=[N+]=[N-])[C@@H](C)CC)C(C)C)O[Si](CC)(CC)CC)n1. The molecule has 0 saturated carbocycles. The van der Waals surface area contributed by atoms with Gasteiger partial charge in [0.25, 0.3) is 0 Å². The van der Waals surface area contributed by atoms with Crippen molar-refractivity contribution in [3.8, 4) is 0 Å². The van der Waals surface area contributed by atoms with Crippen molar-refractivity contribution in [2.75, 3.05) is 6.61 Å². The Balaban J connectivity index is 3.30. The Hall–Kier alpha value is -1.94. The van der Waals surface area contributed by atoms with E-state index in [4.69, 9.17) is 14.7 Å². The van der Waals surface area contributed by atoms with E-state index < -0.39 is 20.3 Å². The van der Waals surface area contributed by atoms with Crippen molar-refractivity contribution in [1.29, 1.82) is 0 Å². The second-order valence-corrected chi connectivity index (χ2v) is 14.9. The zero-order chi connectivity index (χ0) is 26.6. The van der Waals surface area contributed by atoms with Crippen molar-refractivity contribution >= 4 is 31.5 Å². The number of ether oxygens (including phenoxy) is 1. The standard InChI is InChI=1S/C24H43N5O4SSi/c1-9-17(8)21(28-29-25)22(30)26-18(16(6)7)14-20(33-35(11-3,12-4)13-5)23-27-19(15-34-23)24(31)32-10-2/h15-18,20-21H,9-14H2,1-8H3,(H,26,30)/t17-,18+,20?,21?/m0/s1. The Bertz CT molecular complexity index is 846. The fourth-order valence-electron chi connectivity index (χ4n) is 3.94. The maximum absolute atomic E-state index is 13.1. The lowest BCUT2D eigenvalue weighted by atomic mass is 9.95. The van der Waals surface area contributed by atoms with Crippen molar-refractivity contribution in [3.05, 3.63) is 26.5 Å². The maximum atomic E-state index is 13.1. The van der Waals surface area contributed by atoms with Crippen LogP contribution in [0.5, 0.6) is 0 Å². The fraction of sp³-hybridized carbons (Fsp3) is 0.792. The Labute approximate surface area is 215 Å². The number of azide groups is 1. The lowest BCUT2D eigenvalue weighted by Gasteiger charge is -2.35. The van der Waals surface area contributed by atoms with E-state index in [0.717, 1.165) is 24.6 Å². The third kappa shape index (κ3) is 8.90. The molecule has 2 unspecified atom stereocenters. The minimum Gasteiger partial charge on any atom is -0.461 e. The molecule has 0 aliphatic heterocycles. The second-order valence-electron chi connectivity index (χ2n) is 9.27. The molecular formula is C24H43N5O4SSi. The highest BCUT2D eigenvalue weighted by Gasteiger charge is 2.36. The Morgan fingerprint density at radius 3 is 2.29 bits per heavy atom. The molecular weight excluding hydrogens is 482 g/mol. The van der Waals surface area contributed by atoms with Gasteiger partial charge in [-0.15, -0.1) is 11.3 Å². The van der Waals surface area contributed by atoms with Crippen molar-refractivity contribution in [2.24, 2.45) is 17.0 Å². The summed E-state index contributed by atoms with van der Waals surface area (Å²) in [6.07, 6.45) is 0.879. The third-order valence-corrected chi connectivity index (χ3v) is 12.4. The van der Waals surface area contributed by atoms with Crippen LogP contribution in [-0.2, 0) is 14.0 Å². The first kappa shape index (κ1) is 31.1. The van der Waals surface area contributed by atoms with Crippen LogP contribution in [0.3, 0.4) is 0 Å². The van der Waals surface area contributed by atoms with Crippen LogP contribution >= 0.6 is 11.3 Å². The number of nitrogens with one attached hydrogen (secondary N) is 1. The molecule has 1 aromatic rings. The normalized spacial score (nSPS) is 15.1. The van der Waals surface area contributed by atoms with E-state index in [1.165, 1.54) is 11.3 Å². The molecule has 0 bridgehead atoms. The molecule has 1 amide bonds. The van der Waals surface area contributed by atoms with E-state index in [2.05, 4.69) is 41.1 Å². The molecule has 4 atom stereocenters. The smallest absolute Gasteiger partial charge is 0.357 e. The second kappa shape index (κ2) is 15.2. The van der Waals surface area contributed by atoms with Crippen LogP contribution in [0.1, 0.15) is 89.8 Å². The molecule has 1 heterocycles. The van der Waals surface area contributed by atoms with Gasteiger partial charge < -0.3 is 14.5 Å². The van der Waals surface area contributed by atoms with Gasteiger partial charge in [0.15, 0.2) is 14.0 Å². The number of thiazole rings is 1. The van der Waals surface area contributed by atoms with E-state index in [1.54, 1.807) is 12.3 Å². The predicted octanol–water partition coefficient (Wildman–Crippen LogP) is 6.64. The summed E-state index contributed by atoms with van der Waals surface area (Å²) in [6.45, 7) is 16.5. The summed E-state index contributed by atoms with van der Waals surface area (Å²) in [6, 6.07) is 1.92. The number of esters is 1. The van der Waals surface area contributed by atoms with Gasteiger partial charge in [0.2, 0.25) is 5.91 Å². The van der Waals surface area contributed by atoms with Gasteiger partial charge in [-0.1, -0.05) is 60.0 Å². The minimum absolute atomic E-state index is 0.0720. The molecule has 35 heavy (non-hydrogen) atoms. The molecule has 0 saturated heterocycles. The summed E-state index contributed by atoms with van der Waals surface area (Å²) in [7, 11) is -2.02. The molecule has 11 heteroatoms. The van der Waals surface area contributed by atoms with Gasteiger partial charge in [-0.2, -0.15) is 0 Å². The van der Waals surface area contributed by atoms with Crippen molar-refractivity contribution in [2.45, 2.75) is 105 Å². The molecule has 1 rings (SSSR count). The summed E-state index contributed by atoms with van der Waals surface area (Å²) in [4.78, 5) is 32.8. The van der Waals surface area contributed by atoms with Crippen LogP contribution in [-0.4, -0.2) is 43.9 Å². The molecule has 0 aromatic carbocycles. The molecule has 0 radical (unpaired) electrons. The first-order valence-electron chi connectivity index (χ1n) is 12.8. The summed E-state index contributed by atoms with van der Waals surface area (Å²) in [5, 5.41) is 9.31. The Morgan fingerprint density at radius 2 is 1.80 bits per heavy atom. The van der Waals surface area contributed by atoms with Gasteiger partial charge in [-0.25, -0.2) is 9.78 Å². The molecule has 1 N–H and O–H groups in total. The van der Waals surface area contributed by atoms with Gasteiger partial charge >= 0.3 is 5.97 Å². The molecule has 1 aromatic heterocycles. The predicted molar refractivity (Wildman–Crippen MR) is 143 cm³/mol. The highest BCUT2D eigenvalue weighted by atomic mass is 32.1. The molecule has 0 aliphatic carbocycles. The average molecular weight is 526 g/mol. The zero-order valence-corrected chi connectivity index (χ0v) is 24.4. The first-order valence-corrected chi connectivity index (χ1v) is 16.2. The Morgan fingerprint density at radius 1 is 1.17 bits per heavy atom. The van der Waals surface area contributed by atoms with Gasteiger partial charge in [0.1, 0.15) is 11.0 Å². The molecule has 9 nitrogen and oxygen atoms in total. The van der Waals surface area contributed by atoms with Crippen LogP contribution in [0.4, 0.5) is 0 Å². The van der Waals surface area contributed by atoms with Crippen LogP contribution in [0, 0.1) is 11.8 Å². The third-order valence-electron chi connectivity index (χ3n) is 6.84. The highest BCUT2D eigenvalue weighted by Crippen LogP contribution is 2.35. The number of carbonyl (C=O) groups is 2. The topological polar surface area (TPSA) is 126 Å². The zero-order valence-electron chi connectivity index (χ0n) is 22.5. The van der Waals surface area contributed by atoms with Crippen molar-refractivity contribution in [3.63, 3.8) is 0 Å². The van der Waals surface area contributed by atoms with Crippen LogP contribution in [0.2, 0.25) is 18.1 Å². The number of rotatable bonds is 16. The van der Waals surface area contributed by atoms with Gasteiger partial charge in [-0.05, 0) is 48.8 Å². The van der Waals surface area contributed by atoms with Crippen LogP contribution in [0.25, 0.3) is 10.4 Å². The van der Waals surface area contributed by atoms with E-state index in [1.807, 2.05) is 27.7 Å². The minimum atomic E-state index is -2.02. The molecule has 0 aliphatic rings. The highest BCUT2D eigenvalue weighted by molar-refractivity contribution is 7.09. The monoisotopic (exact) mass is 525 g/mol. The number of hydrogen-bond donors (Lipinski definition) is 1. The largest absolute Gasteiger partial charge is 0.461 e.